The van der Waals surface area contributed by atoms with Gasteiger partial charge in [-0.2, -0.15) is 8.42 Å². The van der Waals surface area contributed by atoms with Gasteiger partial charge in [0.15, 0.2) is 4.75 Å². The number of rotatable bonds is 1. The molecule has 0 bridgehead atoms. The molecule has 1 heterocycles. The van der Waals surface area contributed by atoms with E-state index in [0.29, 0.717) is 0 Å². The lowest BCUT2D eigenvalue weighted by molar-refractivity contribution is -0.135. The molecule has 2 rings (SSSR count). The Hall–Kier alpha value is -1.25. The predicted octanol–water partition coefficient (Wildman–Crippen LogP) is -1.65. The minimum atomic E-state index is -4.70. The van der Waals surface area contributed by atoms with Gasteiger partial charge in [-0.25, -0.2) is 0 Å². The van der Waals surface area contributed by atoms with Gasteiger partial charge in [-0.15, -0.1) is 0 Å². The Balaban J connectivity index is 2.72. The van der Waals surface area contributed by atoms with Crippen molar-refractivity contribution < 1.29 is 27.7 Å². The smallest absolute Gasteiger partial charge is 0.279 e. The summed E-state index contributed by atoms with van der Waals surface area (Å²) in [6.45, 7) is -0.0633. The molecule has 0 aromatic rings. The zero-order valence-corrected chi connectivity index (χ0v) is 9.77. The van der Waals surface area contributed by atoms with Crippen molar-refractivity contribution >= 4 is 21.7 Å². The van der Waals surface area contributed by atoms with E-state index in [1.54, 1.807) is 0 Å². The first-order valence-corrected chi connectivity index (χ1v) is 6.29. The number of allylic oxidation sites excluding steroid dienone is 1. The summed E-state index contributed by atoms with van der Waals surface area (Å²) in [5, 5.41) is 9.80. The monoisotopic (exact) mass is 261 g/mol. The highest BCUT2D eigenvalue weighted by atomic mass is 32.2. The molecule has 7 nitrogen and oxygen atoms in total. The van der Waals surface area contributed by atoms with Gasteiger partial charge in [-0.3, -0.25) is 14.1 Å². The van der Waals surface area contributed by atoms with Gasteiger partial charge in [0, 0.05) is 31.8 Å². The first-order valence-electron chi connectivity index (χ1n) is 4.85. The molecule has 94 valence electrons. The number of ketones is 2. The number of likely N-dealkylation sites (N-methyl/N-ethyl adjacent to an activating group) is 1. The first kappa shape index (κ1) is 12.2. The van der Waals surface area contributed by atoms with Gasteiger partial charge in [0.1, 0.15) is 0 Å². The molecule has 0 radical (unpaired) electrons. The summed E-state index contributed by atoms with van der Waals surface area (Å²) in [5.74, 6) is -1.75. The summed E-state index contributed by atoms with van der Waals surface area (Å²) in [4.78, 5) is 23.9. The highest BCUT2D eigenvalue weighted by Crippen LogP contribution is 2.43. The predicted molar refractivity (Wildman–Crippen MR) is 55.6 cm³/mol. The molecule has 1 fully saturated rings. The molecule has 0 saturated carbocycles. The van der Waals surface area contributed by atoms with Gasteiger partial charge in [0.2, 0.25) is 11.6 Å². The van der Waals surface area contributed by atoms with E-state index in [2.05, 4.69) is 0 Å². The summed E-state index contributed by atoms with van der Waals surface area (Å²) in [5.41, 5.74) is -0.0305. The molecule has 2 atom stereocenters. The summed E-state index contributed by atoms with van der Waals surface area (Å²) in [6, 6.07) is 0. The molecule has 0 amide bonds. The normalized spacial score (nSPS) is 33.7. The van der Waals surface area contributed by atoms with Crippen LogP contribution in [0, 0.1) is 0 Å². The van der Waals surface area contributed by atoms with Gasteiger partial charge in [-0.05, 0) is 0 Å². The Kier molecular flexibility index (Phi) is 2.42. The number of nitrogens with zero attached hydrogens (tertiary/aromatic N) is 1. The Bertz CT molecular complexity index is 536. The molecule has 8 heteroatoms. The average Bonchev–Trinajstić information content (AvgIpc) is 2.41. The molecule has 0 spiro atoms. The number of carbonyl (C=O) groups excluding carboxylic acids is 2. The second-order valence-corrected chi connectivity index (χ2v) is 5.93. The SMILES string of the molecule is CN1CC(O)C2(S(=O)(=O)O)CC(=O)C(=O)C=C12. The topological polar surface area (TPSA) is 112 Å². The van der Waals surface area contributed by atoms with Crippen LogP contribution in [-0.2, 0) is 19.7 Å². The number of likely N-dealkylation sites (tertiary alicyclic amines) is 1. The maximum atomic E-state index is 11.5. The van der Waals surface area contributed by atoms with Gasteiger partial charge in [0.05, 0.1) is 6.10 Å². The van der Waals surface area contributed by atoms with Crippen molar-refractivity contribution in [1.82, 2.24) is 4.90 Å². The minimum absolute atomic E-state index is 0.0305. The highest BCUT2D eigenvalue weighted by Gasteiger charge is 2.61. The van der Waals surface area contributed by atoms with Crippen LogP contribution < -0.4 is 0 Å². The fourth-order valence-electron chi connectivity index (χ4n) is 2.37. The Morgan fingerprint density at radius 2 is 2.06 bits per heavy atom. The molecule has 2 aliphatic rings. The van der Waals surface area contributed by atoms with E-state index in [9.17, 15) is 27.7 Å². The molecule has 2 unspecified atom stereocenters. The molecule has 0 aromatic carbocycles. The van der Waals surface area contributed by atoms with E-state index in [-0.39, 0.29) is 12.2 Å². The Morgan fingerprint density at radius 1 is 1.47 bits per heavy atom. The van der Waals surface area contributed by atoms with Crippen molar-refractivity contribution in [2.45, 2.75) is 17.3 Å². The quantitative estimate of drug-likeness (QED) is 0.429. The largest absolute Gasteiger partial charge is 0.389 e. The molecule has 2 N–H and O–H groups in total. The third-order valence-electron chi connectivity index (χ3n) is 3.26. The number of aliphatic hydroxyl groups is 1. The molecule has 0 aromatic heterocycles. The lowest BCUT2D eigenvalue weighted by atomic mass is 9.88. The van der Waals surface area contributed by atoms with Gasteiger partial charge in [-0.1, -0.05) is 0 Å². The van der Waals surface area contributed by atoms with Crippen LogP contribution in [0.4, 0.5) is 0 Å². The van der Waals surface area contributed by atoms with Crippen molar-refractivity contribution in [2.75, 3.05) is 13.6 Å². The summed E-state index contributed by atoms with van der Waals surface area (Å²) >= 11 is 0. The van der Waals surface area contributed by atoms with Crippen LogP contribution in [0.25, 0.3) is 0 Å². The second kappa shape index (κ2) is 3.37. The van der Waals surface area contributed by atoms with E-state index in [1.807, 2.05) is 0 Å². The van der Waals surface area contributed by atoms with E-state index in [0.717, 1.165) is 6.08 Å². The summed E-state index contributed by atoms with van der Waals surface area (Å²) in [6.07, 6.45) is -1.29. The maximum Gasteiger partial charge on any atom is 0.279 e. The average molecular weight is 261 g/mol. The van der Waals surface area contributed by atoms with Crippen molar-refractivity contribution in [3.05, 3.63) is 11.8 Å². The standard InChI is InChI=1S/C9H11NO6S/c1-10-4-8(13)9(17(14,15)16)3-6(12)5(11)2-7(9)10/h2,8,13H,3-4H2,1H3,(H,14,15,16). The molecular weight excluding hydrogens is 250 g/mol. The third kappa shape index (κ3) is 1.44. The Labute approximate surface area is 97.5 Å². The number of β-amino-alcohol motifs (C(OH)–C–C–N with tert-alkyl or cyclic N) is 1. The van der Waals surface area contributed by atoms with Crippen LogP contribution in [0.3, 0.4) is 0 Å². The zero-order chi connectivity index (χ0) is 13.0. The fraction of sp³-hybridized carbons (Fsp3) is 0.556. The summed E-state index contributed by atoms with van der Waals surface area (Å²) < 4.78 is 30.1. The second-order valence-electron chi connectivity index (χ2n) is 4.25. The first-order chi connectivity index (χ1) is 7.70. The van der Waals surface area contributed by atoms with E-state index in [1.165, 1.54) is 11.9 Å². The van der Waals surface area contributed by atoms with Crippen LogP contribution in [0.5, 0.6) is 0 Å². The molecule has 1 aliphatic heterocycles. The van der Waals surface area contributed by atoms with Crippen molar-refractivity contribution in [1.29, 1.82) is 0 Å². The van der Waals surface area contributed by atoms with Crippen molar-refractivity contribution in [2.24, 2.45) is 0 Å². The van der Waals surface area contributed by atoms with Crippen LogP contribution in [0.2, 0.25) is 0 Å². The molecule has 17 heavy (non-hydrogen) atoms. The van der Waals surface area contributed by atoms with Gasteiger partial charge in [0.25, 0.3) is 10.1 Å². The van der Waals surface area contributed by atoms with Crippen LogP contribution in [0.1, 0.15) is 6.42 Å². The number of carbonyl (C=O) groups is 2. The molecule has 1 saturated heterocycles. The Morgan fingerprint density at radius 3 is 2.59 bits per heavy atom. The van der Waals surface area contributed by atoms with E-state index >= 15 is 0 Å². The van der Waals surface area contributed by atoms with Crippen molar-refractivity contribution in [3.63, 3.8) is 0 Å². The van der Waals surface area contributed by atoms with E-state index in [4.69, 9.17) is 0 Å². The van der Waals surface area contributed by atoms with Crippen molar-refractivity contribution in [3.8, 4) is 0 Å². The third-order valence-corrected chi connectivity index (χ3v) is 4.80. The maximum absolute atomic E-state index is 11.5. The number of aliphatic hydroxyl groups excluding tert-OH is 1. The highest BCUT2D eigenvalue weighted by molar-refractivity contribution is 7.87. The summed E-state index contributed by atoms with van der Waals surface area (Å²) in [7, 11) is -3.22. The lowest BCUT2D eigenvalue weighted by Gasteiger charge is -2.31. The molecular formula is C9H11NO6S. The fourth-order valence-corrected chi connectivity index (χ4v) is 3.58. The number of Topliss-reactive ketones (excluding diaryl/α,β-unsaturated/α-hetero) is 1. The lowest BCUT2D eigenvalue weighted by Crippen LogP contribution is -2.52. The van der Waals surface area contributed by atoms with Crippen LogP contribution >= 0.6 is 0 Å². The van der Waals surface area contributed by atoms with Gasteiger partial charge < -0.3 is 10.0 Å². The number of hydrogen-bond donors (Lipinski definition) is 2. The van der Waals surface area contributed by atoms with Gasteiger partial charge >= 0.3 is 0 Å². The zero-order valence-electron chi connectivity index (χ0n) is 8.95. The number of fused-ring (bicyclic) bond motifs is 1. The minimum Gasteiger partial charge on any atom is -0.389 e. The van der Waals surface area contributed by atoms with Crippen LogP contribution in [-0.4, -0.2) is 59.0 Å². The molecule has 1 aliphatic carbocycles. The number of hydrogen-bond acceptors (Lipinski definition) is 6. The van der Waals surface area contributed by atoms with E-state index < -0.39 is 39.0 Å². The van der Waals surface area contributed by atoms with Crippen LogP contribution in [0.15, 0.2) is 11.8 Å².